The minimum atomic E-state index is -0.452. The second-order valence-electron chi connectivity index (χ2n) is 6.77. The number of nitrogens with one attached hydrogen (secondary N) is 2. The van der Waals surface area contributed by atoms with E-state index in [1.807, 2.05) is 43.3 Å². The van der Waals surface area contributed by atoms with Crippen molar-refractivity contribution in [1.82, 2.24) is 0 Å². The highest BCUT2D eigenvalue weighted by Crippen LogP contribution is 2.31. The van der Waals surface area contributed by atoms with E-state index in [9.17, 15) is 9.59 Å². The van der Waals surface area contributed by atoms with Gasteiger partial charge in [-0.05, 0) is 43.3 Å². The van der Waals surface area contributed by atoms with E-state index in [-0.39, 0.29) is 12.4 Å². The van der Waals surface area contributed by atoms with Crippen LogP contribution in [0.2, 0.25) is 0 Å². The number of anilines is 2. The van der Waals surface area contributed by atoms with Crippen LogP contribution in [0.25, 0.3) is 11.0 Å². The molecular formula is C24H20N2O4. The van der Waals surface area contributed by atoms with Crippen molar-refractivity contribution < 1.29 is 18.7 Å². The molecule has 0 radical (unpaired) electrons. The lowest BCUT2D eigenvalue weighted by molar-refractivity contribution is -0.118. The molecule has 4 aromatic rings. The molecule has 0 bridgehead atoms. The Morgan fingerprint density at radius 2 is 1.57 bits per heavy atom. The zero-order valence-corrected chi connectivity index (χ0v) is 16.3. The third-order valence-corrected chi connectivity index (χ3v) is 4.49. The summed E-state index contributed by atoms with van der Waals surface area (Å²) in [6.07, 6.45) is 0. The van der Waals surface area contributed by atoms with Gasteiger partial charge >= 0.3 is 0 Å². The maximum absolute atomic E-state index is 12.8. The van der Waals surface area contributed by atoms with Crippen molar-refractivity contribution in [3.05, 3.63) is 90.2 Å². The van der Waals surface area contributed by atoms with Crippen molar-refractivity contribution in [2.24, 2.45) is 0 Å². The predicted octanol–water partition coefficient (Wildman–Crippen LogP) is 5.01. The first kappa shape index (κ1) is 19.3. The number of aryl methyl sites for hydroxylation is 1. The van der Waals surface area contributed by atoms with E-state index in [2.05, 4.69) is 10.6 Å². The maximum Gasteiger partial charge on any atom is 0.293 e. The van der Waals surface area contributed by atoms with Crippen LogP contribution in [-0.4, -0.2) is 18.4 Å². The summed E-state index contributed by atoms with van der Waals surface area (Å²) in [5.41, 5.74) is 2.55. The Bertz CT molecular complexity index is 1180. The lowest BCUT2D eigenvalue weighted by Gasteiger charge is -2.09. The van der Waals surface area contributed by atoms with E-state index in [0.29, 0.717) is 28.1 Å². The fourth-order valence-electron chi connectivity index (χ4n) is 3.00. The Labute approximate surface area is 173 Å². The van der Waals surface area contributed by atoms with Gasteiger partial charge in [-0.15, -0.1) is 0 Å². The van der Waals surface area contributed by atoms with Crippen molar-refractivity contribution in [1.29, 1.82) is 0 Å². The molecule has 0 unspecified atom stereocenters. The van der Waals surface area contributed by atoms with Gasteiger partial charge in [0.25, 0.3) is 11.8 Å². The minimum absolute atomic E-state index is 0.0312. The van der Waals surface area contributed by atoms with E-state index in [1.165, 1.54) is 0 Å². The van der Waals surface area contributed by atoms with Crippen molar-refractivity contribution in [3.63, 3.8) is 0 Å². The summed E-state index contributed by atoms with van der Waals surface area (Å²) in [5.74, 6) is -0.221. The van der Waals surface area contributed by atoms with Crippen molar-refractivity contribution in [3.8, 4) is 5.75 Å². The molecule has 4 rings (SSSR count). The third-order valence-electron chi connectivity index (χ3n) is 4.49. The van der Waals surface area contributed by atoms with Gasteiger partial charge in [-0.25, -0.2) is 0 Å². The van der Waals surface area contributed by atoms with Crippen molar-refractivity contribution >= 4 is 34.2 Å². The number of hydrogen-bond donors (Lipinski definition) is 2. The lowest BCUT2D eigenvalue weighted by Crippen LogP contribution is -2.22. The number of ether oxygens (including phenoxy) is 1. The first-order valence-electron chi connectivity index (χ1n) is 9.47. The predicted molar refractivity (Wildman–Crippen MR) is 116 cm³/mol. The standard InChI is InChI=1S/C24H20N2O4/c1-16-11-13-18(14-12-16)29-15-21(27)26-22-19-9-5-6-10-20(19)30-23(22)24(28)25-17-7-3-2-4-8-17/h2-14H,15H2,1H3,(H,25,28)(H,26,27). The lowest BCUT2D eigenvalue weighted by atomic mass is 10.2. The van der Waals surface area contributed by atoms with E-state index >= 15 is 0 Å². The number of amides is 2. The van der Waals surface area contributed by atoms with Gasteiger partial charge in [-0.3, -0.25) is 9.59 Å². The molecule has 0 aliphatic rings. The molecular weight excluding hydrogens is 380 g/mol. The molecule has 0 aliphatic carbocycles. The van der Waals surface area contributed by atoms with Gasteiger partial charge in [0, 0.05) is 11.1 Å². The second kappa shape index (κ2) is 8.53. The number of benzene rings is 3. The van der Waals surface area contributed by atoms with Crippen LogP contribution in [0.4, 0.5) is 11.4 Å². The molecule has 0 saturated heterocycles. The zero-order valence-electron chi connectivity index (χ0n) is 16.3. The van der Waals surface area contributed by atoms with Crippen LogP contribution in [0, 0.1) is 6.92 Å². The normalized spacial score (nSPS) is 10.6. The van der Waals surface area contributed by atoms with Gasteiger partial charge in [0.15, 0.2) is 6.61 Å². The van der Waals surface area contributed by atoms with Gasteiger partial charge in [0.2, 0.25) is 5.76 Å². The fourth-order valence-corrected chi connectivity index (χ4v) is 3.00. The minimum Gasteiger partial charge on any atom is -0.484 e. The highest BCUT2D eigenvalue weighted by molar-refractivity contribution is 6.14. The highest BCUT2D eigenvalue weighted by atomic mass is 16.5. The van der Waals surface area contributed by atoms with E-state index in [4.69, 9.17) is 9.15 Å². The van der Waals surface area contributed by atoms with Gasteiger partial charge < -0.3 is 19.8 Å². The summed E-state index contributed by atoms with van der Waals surface area (Å²) in [6, 6.07) is 23.6. The smallest absolute Gasteiger partial charge is 0.293 e. The molecule has 0 fully saturated rings. The number of carbonyl (C=O) groups excluding carboxylic acids is 2. The van der Waals surface area contributed by atoms with Gasteiger partial charge in [-0.1, -0.05) is 48.0 Å². The first-order chi connectivity index (χ1) is 14.6. The summed E-state index contributed by atoms with van der Waals surface area (Å²) in [7, 11) is 0. The third kappa shape index (κ3) is 4.33. The molecule has 0 aliphatic heterocycles. The van der Waals surface area contributed by atoms with Gasteiger partial charge in [0.1, 0.15) is 17.0 Å². The van der Waals surface area contributed by atoms with Crippen molar-refractivity contribution in [2.45, 2.75) is 6.92 Å². The van der Waals surface area contributed by atoms with Crippen LogP contribution in [0.3, 0.4) is 0 Å². The van der Waals surface area contributed by atoms with E-state index < -0.39 is 11.8 Å². The maximum atomic E-state index is 12.8. The van der Waals surface area contributed by atoms with Crippen molar-refractivity contribution in [2.75, 3.05) is 17.2 Å². The molecule has 0 atom stereocenters. The molecule has 2 amide bonds. The van der Waals surface area contributed by atoms with Crippen LogP contribution < -0.4 is 15.4 Å². The summed E-state index contributed by atoms with van der Waals surface area (Å²) < 4.78 is 11.3. The Balaban J connectivity index is 1.54. The molecule has 3 aromatic carbocycles. The molecule has 30 heavy (non-hydrogen) atoms. The monoisotopic (exact) mass is 400 g/mol. The SMILES string of the molecule is Cc1ccc(OCC(=O)Nc2c(C(=O)Nc3ccccc3)oc3ccccc23)cc1. The number of carbonyl (C=O) groups is 2. The molecule has 1 heterocycles. The van der Waals surface area contributed by atoms with Crippen LogP contribution in [0.15, 0.2) is 83.3 Å². The topological polar surface area (TPSA) is 80.6 Å². The Morgan fingerprint density at radius 1 is 0.867 bits per heavy atom. The summed E-state index contributed by atoms with van der Waals surface area (Å²) in [5, 5.41) is 6.18. The molecule has 6 heteroatoms. The number of hydrogen-bond acceptors (Lipinski definition) is 4. The quantitative estimate of drug-likeness (QED) is 0.477. The molecule has 6 nitrogen and oxygen atoms in total. The second-order valence-corrected chi connectivity index (χ2v) is 6.77. The van der Waals surface area contributed by atoms with E-state index in [1.54, 1.807) is 42.5 Å². The Kier molecular flexibility index (Phi) is 5.48. The zero-order chi connectivity index (χ0) is 20.9. The molecule has 150 valence electrons. The fraction of sp³-hybridized carbons (Fsp3) is 0.0833. The summed E-state index contributed by atoms with van der Waals surface area (Å²) in [4.78, 5) is 25.3. The molecule has 0 spiro atoms. The number of rotatable bonds is 6. The summed E-state index contributed by atoms with van der Waals surface area (Å²) in [6.45, 7) is 1.78. The van der Waals surface area contributed by atoms with Gasteiger partial charge in [-0.2, -0.15) is 0 Å². The van der Waals surface area contributed by atoms with Crippen LogP contribution in [0.1, 0.15) is 16.1 Å². The van der Waals surface area contributed by atoms with Crippen LogP contribution in [-0.2, 0) is 4.79 Å². The first-order valence-corrected chi connectivity index (χ1v) is 9.47. The van der Waals surface area contributed by atoms with Gasteiger partial charge in [0.05, 0.1) is 0 Å². The molecule has 1 aromatic heterocycles. The Hall–Kier alpha value is -4.06. The largest absolute Gasteiger partial charge is 0.484 e. The average molecular weight is 400 g/mol. The Morgan fingerprint density at radius 3 is 2.33 bits per heavy atom. The summed E-state index contributed by atoms with van der Waals surface area (Å²) >= 11 is 0. The van der Waals surface area contributed by atoms with Crippen LogP contribution >= 0.6 is 0 Å². The number of furan rings is 1. The molecule has 0 saturated carbocycles. The average Bonchev–Trinajstić information content (AvgIpc) is 3.13. The van der Waals surface area contributed by atoms with Crippen LogP contribution in [0.5, 0.6) is 5.75 Å². The highest BCUT2D eigenvalue weighted by Gasteiger charge is 2.22. The molecule has 2 N–H and O–H groups in total. The number of para-hydroxylation sites is 2. The number of fused-ring (bicyclic) bond motifs is 1. The van der Waals surface area contributed by atoms with E-state index in [0.717, 1.165) is 5.56 Å².